The summed E-state index contributed by atoms with van der Waals surface area (Å²) in [5.41, 5.74) is 7.70. The summed E-state index contributed by atoms with van der Waals surface area (Å²) in [6.07, 6.45) is 8.40. The number of sulfone groups is 1. The van der Waals surface area contributed by atoms with Crippen molar-refractivity contribution >= 4 is 31.8 Å². The topological polar surface area (TPSA) is 129 Å². The first-order valence-corrected chi connectivity index (χ1v) is 15.3. The number of halogens is 1. The van der Waals surface area contributed by atoms with Gasteiger partial charge >= 0.3 is 0 Å². The van der Waals surface area contributed by atoms with E-state index in [2.05, 4.69) is 49.5 Å². The predicted octanol–water partition coefficient (Wildman–Crippen LogP) is 5.07. The van der Waals surface area contributed by atoms with Gasteiger partial charge in [-0.15, -0.1) is 0 Å². The van der Waals surface area contributed by atoms with E-state index in [9.17, 15) is 12.8 Å². The molecular weight excluding hydrogens is 541 g/mol. The number of nitrogens with one attached hydrogen (secondary N) is 3. The molecule has 0 fully saturated rings. The Labute approximate surface area is 236 Å². The third kappa shape index (κ3) is 5.72. The molecule has 4 aromatic heterocycles. The minimum atomic E-state index is -3.18. The lowest BCUT2D eigenvalue weighted by Crippen LogP contribution is -2.11. The van der Waals surface area contributed by atoms with Crippen LogP contribution in [0.3, 0.4) is 0 Å². The van der Waals surface area contributed by atoms with Crippen molar-refractivity contribution in [3.05, 3.63) is 84.2 Å². The highest BCUT2D eigenvalue weighted by atomic mass is 32.2. The normalized spacial score (nSPS) is 12.0. The molecule has 11 heteroatoms. The lowest BCUT2D eigenvalue weighted by Gasteiger charge is -2.07. The highest BCUT2D eigenvalue weighted by Crippen LogP contribution is 2.33. The monoisotopic (exact) mass is 569 g/mol. The largest absolute Gasteiger partial charge is 0.335 e. The van der Waals surface area contributed by atoms with Crippen LogP contribution in [0, 0.1) is 5.82 Å². The first kappa shape index (κ1) is 26.7. The van der Waals surface area contributed by atoms with E-state index in [4.69, 9.17) is 4.98 Å². The third-order valence-corrected chi connectivity index (χ3v) is 7.86. The first-order chi connectivity index (χ1) is 19.8. The smallest absolute Gasteiger partial charge is 0.159 e. The van der Waals surface area contributed by atoms with E-state index < -0.39 is 15.7 Å². The van der Waals surface area contributed by atoms with Gasteiger partial charge in [0.1, 0.15) is 21.3 Å². The number of nitrogens with zero attached hydrogens (tertiary/aromatic N) is 4. The van der Waals surface area contributed by atoms with Crippen LogP contribution in [0.25, 0.3) is 55.7 Å². The lowest BCUT2D eigenvalue weighted by molar-refractivity contribution is 0.600. The van der Waals surface area contributed by atoms with Gasteiger partial charge in [0, 0.05) is 47.9 Å². The van der Waals surface area contributed by atoms with Gasteiger partial charge in [-0.1, -0.05) is 19.1 Å². The number of benzene rings is 2. The van der Waals surface area contributed by atoms with Crippen LogP contribution in [0.15, 0.2) is 67.3 Å². The number of rotatable bonds is 9. The average Bonchev–Trinajstić information content (AvgIpc) is 3.58. The number of fused-ring (bicyclic) bond motifs is 2. The highest BCUT2D eigenvalue weighted by molar-refractivity contribution is 7.90. The van der Waals surface area contributed by atoms with Crippen LogP contribution in [0.5, 0.6) is 0 Å². The molecule has 0 atom stereocenters. The number of aryl methyl sites for hydroxylation is 1. The molecule has 6 rings (SSSR count). The maximum atomic E-state index is 14.6. The second kappa shape index (κ2) is 10.8. The van der Waals surface area contributed by atoms with E-state index in [1.807, 2.05) is 24.5 Å². The summed E-state index contributed by atoms with van der Waals surface area (Å²) < 4.78 is 37.9. The van der Waals surface area contributed by atoms with E-state index in [0.717, 1.165) is 40.7 Å². The van der Waals surface area contributed by atoms with Crippen LogP contribution in [0.1, 0.15) is 18.1 Å². The summed E-state index contributed by atoms with van der Waals surface area (Å²) in [6, 6.07) is 12.8. The molecule has 0 saturated heterocycles. The number of imidazole rings is 1. The maximum Gasteiger partial charge on any atom is 0.159 e. The van der Waals surface area contributed by atoms with Gasteiger partial charge in [0.05, 0.1) is 28.5 Å². The SMILES string of the molecule is CCNCc1cncc(-c2ccc3[nH]nc(-c4nc5c(-c6cc(F)cc(CCS(C)(=O)=O)c6)cncc5[nH]4)c3c2)c1. The van der Waals surface area contributed by atoms with Crippen LogP contribution < -0.4 is 5.32 Å². The van der Waals surface area contributed by atoms with Gasteiger partial charge in [0.15, 0.2) is 5.82 Å². The van der Waals surface area contributed by atoms with E-state index in [-0.39, 0.29) is 12.2 Å². The third-order valence-electron chi connectivity index (χ3n) is 6.92. The number of H-pyrrole nitrogens is 2. The summed E-state index contributed by atoms with van der Waals surface area (Å²) in [7, 11) is -3.18. The molecule has 0 bridgehead atoms. The van der Waals surface area contributed by atoms with E-state index in [1.165, 1.54) is 18.4 Å². The molecule has 0 spiro atoms. The summed E-state index contributed by atoms with van der Waals surface area (Å²) in [5, 5.41) is 11.9. The summed E-state index contributed by atoms with van der Waals surface area (Å²) in [6.45, 7) is 3.70. The number of hydrogen-bond donors (Lipinski definition) is 3. The highest BCUT2D eigenvalue weighted by Gasteiger charge is 2.17. The van der Waals surface area contributed by atoms with Crippen molar-refractivity contribution in [2.45, 2.75) is 19.9 Å². The number of pyridine rings is 2. The zero-order valence-electron chi connectivity index (χ0n) is 22.6. The molecule has 0 saturated carbocycles. The van der Waals surface area contributed by atoms with E-state index >= 15 is 0 Å². The Bertz CT molecular complexity index is 2000. The fourth-order valence-electron chi connectivity index (χ4n) is 4.90. The molecular formula is C30H28FN7O2S. The second-order valence-corrected chi connectivity index (χ2v) is 12.4. The van der Waals surface area contributed by atoms with Crippen molar-refractivity contribution in [2.75, 3.05) is 18.6 Å². The number of hydrogen-bond acceptors (Lipinski definition) is 7. The molecule has 0 aliphatic rings. The van der Waals surface area contributed by atoms with Gasteiger partial charge in [0.25, 0.3) is 0 Å². The maximum absolute atomic E-state index is 14.6. The Balaban J connectivity index is 1.39. The van der Waals surface area contributed by atoms with Gasteiger partial charge in [-0.3, -0.25) is 15.1 Å². The van der Waals surface area contributed by atoms with Crippen LogP contribution in [0.4, 0.5) is 4.39 Å². The lowest BCUT2D eigenvalue weighted by atomic mass is 10.0. The molecule has 4 heterocycles. The molecule has 41 heavy (non-hydrogen) atoms. The minimum absolute atomic E-state index is 0.0604. The van der Waals surface area contributed by atoms with Crippen LogP contribution in [0.2, 0.25) is 0 Å². The second-order valence-electron chi connectivity index (χ2n) is 10.1. The first-order valence-electron chi connectivity index (χ1n) is 13.2. The summed E-state index contributed by atoms with van der Waals surface area (Å²) in [4.78, 5) is 16.9. The molecule has 6 aromatic rings. The number of aromatic nitrogens is 6. The van der Waals surface area contributed by atoms with Crippen LogP contribution in [-0.4, -0.2) is 57.1 Å². The quantitative estimate of drug-likeness (QED) is 0.222. The van der Waals surface area contributed by atoms with Gasteiger partial charge in [-0.05, 0) is 65.6 Å². The standard InChI is InChI=1S/C30H28FN7O2S/c1-3-32-13-19-9-22(15-33-14-19)20-4-5-26-24(12-20)29(38-37-26)30-35-27-17-34-16-25(28(27)36-30)21-8-18(10-23(31)11-21)6-7-41(2,39)40/h4-5,8-12,14-17,32H,3,6-7,13H2,1-2H3,(H,35,36)(H,37,38). The fraction of sp³-hybridized carbons (Fsp3) is 0.200. The Morgan fingerprint density at radius 2 is 1.73 bits per heavy atom. The van der Waals surface area contributed by atoms with Crippen molar-refractivity contribution in [1.82, 2.24) is 35.5 Å². The molecule has 0 aliphatic heterocycles. The number of aromatic amines is 2. The van der Waals surface area contributed by atoms with Crippen LogP contribution >= 0.6 is 0 Å². The van der Waals surface area contributed by atoms with Crippen molar-refractivity contribution in [3.63, 3.8) is 0 Å². The van der Waals surface area contributed by atoms with Gasteiger partial charge in [0.2, 0.25) is 0 Å². The van der Waals surface area contributed by atoms with Gasteiger partial charge < -0.3 is 10.3 Å². The molecule has 0 radical (unpaired) electrons. The van der Waals surface area contributed by atoms with Gasteiger partial charge in [-0.2, -0.15) is 5.10 Å². The van der Waals surface area contributed by atoms with Crippen molar-refractivity contribution in [2.24, 2.45) is 0 Å². The molecule has 9 nitrogen and oxygen atoms in total. The minimum Gasteiger partial charge on any atom is -0.335 e. The molecule has 2 aromatic carbocycles. The molecule has 0 unspecified atom stereocenters. The Hall–Kier alpha value is -4.48. The van der Waals surface area contributed by atoms with Gasteiger partial charge in [-0.25, -0.2) is 17.8 Å². The van der Waals surface area contributed by atoms with E-state index in [1.54, 1.807) is 18.5 Å². The molecule has 0 amide bonds. The molecule has 3 N–H and O–H groups in total. The Kier molecular flexibility index (Phi) is 7.06. The Morgan fingerprint density at radius 3 is 2.56 bits per heavy atom. The zero-order chi connectivity index (χ0) is 28.6. The zero-order valence-corrected chi connectivity index (χ0v) is 23.4. The van der Waals surface area contributed by atoms with Crippen molar-refractivity contribution < 1.29 is 12.8 Å². The predicted molar refractivity (Wildman–Crippen MR) is 158 cm³/mol. The van der Waals surface area contributed by atoms with Crippen molar-refractivity contribution in [3.8, 4) is 33.8 Å². The Morgan fingerprint density at radius 1 is 0.902 bits per heavy atom. The molecule has 0 aliphatic carbocycles. The van der Waals surface area contributed by atoms with Crippen LogP contribution in [-0.2, 0) is 22.8 Å². The summed E-state index contributed by atoms with van der Waals surface area (Å²) >= 11 is 0. The average molecular weight is 570 g/mol. The summed E-state index contributed by atoms with van der Waals surface area (Å²) in [5.74, 6) is 0.0359. The fourth-order valence-corrected chi connectivity index (χ4v) is 5.50. The van der Waals surface area contributed by atoms with E-state index in [0.29, 0.717) is 39.2 Å². The molecule has 208 valence electrons. The van der Waals surface area contributed by atoms with Crippen molar-refractivity contribution in [1.29, 1.82) is 0 Å².